The predicted molar refractivity (Wildman–Crippen MR) is 117 cm³/mol. The Labute approximate surface area is 175 Å². The monoisotopic (exact) mass is 401 g/mol. The Morgan fingerprint density at radius 2 is 1.57 bits per heavy atom. The van der Waals surface area contributed by atoms with E-state index in [1.807, 2.05) is 24.3 Å². The van der Waals surface area contributed by atoms with Crippen LogP contribution >= 0.6 is 0 Å². The summed E-state index contributed by atoms with van der Waals surface area (Å²) in [5.41, 5.74) is 4.22. The molecule has 1 heterocycles. The second kappa shape index (κ2) is 8.69. The van der Waals surface area contributed by atoms with Gasteiger partial charge in [0.2, 0.25) is 0 Å². The quantitative estimate of drug-likeness (QED) is 0.674. The Morgan fingerprint density at radius 1 is 0.867 bits per heavy atom. The fraction of sp³-hybridized carbons (Fsp3) is 0.167. The van der Waals surface area contributed by atoms with Crippen molar-refractivity contribution < 1.29 is 14.3 Å². The minimum absolute atomic E-state index is 0.143. The highest BCUT2D eigenvalue weighted by Crippen LogP contribution is 2.24. The largest absolute Gasteiger partial charge is 0.495 e. The van der Waals surface area contributed by atoms with E-state index in [4.69, 9.17) is 4.74 Å². The van der Waals surface area contributed by atoms with Gasteiger partial charge in [-0.2, -0.15) is 0 Å². The summed E-state index contributed by atoms with van der Waals surface area (Å²) >= 11 is 0. The minimum atomic E-state index is -0.245. The van der Waals surface area contributed by atoms with Gasteiger partial charge in [-0.3, -0.25) is 4.79 Å². The lowest BCUT2D eigenvalue weighted by Crippen LogP contribution is -2.38. The summed E-state index contributed by atoms with van der Waals surface area (Å²) in [6.45, 7) is 1.28. The normalized spacial score (nSPS) is 12.6. The van der Waals surface area contributed by atoms with E-state index in [1.54, 1.807) is 48.4 Å². The first-order chi connectivity index (χ1) is 14.6. The molecule has 0 unspecified atom stereocenters. The van der Waals surface area contributed by atoms with Gasteiger partial charge in [0.15, 0.2) is 0 Å². The molecule has 4 rings (SSSR count). The van der Waals surface area contributed by atoms with Gasteiger partial charge in [-0.15, -0.1) is 0 Å². The maximum absolute atomic E-state index is 12.6. The van der Waals surface area contributed by atoms with Crippen LogP contribution in [0.4, 0.5) is 16.2 Å². The molecule has 3 aromatic rings. The zero-order valence-corrected chi connectivity index (χ0v) is 16.7. The number of nitrogens with zero attached hydrogens (tertiary/aromatic N) is 1. The van der Waals surface area contributed by atoms with Gasteiger partial charge < -0.3 is 20.3 Å². The van der Waals surface area contributed by atoms with Crippen molar-refractivity contribution in [3.8, 4) is 5.75 Å². The molecule has 6 nitrogen and oxygen atoms in total. The summed E-state index contributed by atoms with van der Waals surface area (Å²) in [6.07, 6.45) is 0.853. The van der Waals surface area contributed by atoms with Crippen LogP contribution in [0.15, 0.2) is 72.8 Å². The summed E-state index contributed by atoms with van der Waals surface area (Å²) in [4.78, 5) is 26.9. The van der Waals surface area contributed by atoms with Gasteiger partial charge in [-0.05, 0) is 53.9 Å². The molecule has 0 aromatic heterocycles. The third-order valence-corrected chi connectivity index (χ3v) is 5.17. The Balaban J connectivity index is 1.38. The molecule has 0 radical (unpaired) electrons. The summed E-state index contributed by atoms with van der Waals surface area (Å²) in [5, 5.41) is 5.75. The fourth-order valence-electron chi connectivity index (χ4n) is 3.52. The Bertz CT molecular complexity index is 1060. The average Bonchev–Trinajstić information content (AvgIpc) is 2.79. The molecule has 1 aliphatic rings. The second-order valence-corrected chi connectivity index (χ2v) is 7.10. The number of rotatable bonds is 4. The third kappa shape index (κ3) is 4.27. The first-order valence-corrected chi connectivity index (χ1v) is 9.81. The van der Waals surface area contributed by atoms with E-state index in [2.05, 4.69) is 22.8 Å². The number of hydrogen-bond donors (Lipinski definition) is 2. The van der Waals surface area contributed by atoms with Crippen molar-refractivity contribution in [2.45, 2.75) is 13.0 Å². The summed E-state index contributed by atoms with van der Waals surface area (Å²) in [7, 11) is 1.56. The number of methoxy groups -OCH3 is 1. The van der Waals surface area contributed by atoms with Crippen LogP contribution in [-0.2, 0) is 13.0 Å². The number of benzene rings is 3. The SMILES string of the molecule is COc1ccccc1NC(=O)c1ccc(NC(=O)N2CCc3ccccc3C2)cc1. The standard InChI is InChI=1S/C24H23N3O3/c1-30-22-9-5-4-8-21(22)26-23(28)18-10-12-20(13-11-18)25-24(29)27-15-14-17-6-2-3-7-19(17)16-27/h2-13H,14-16H2,1H3,(H,25,29)(H,26,28). The van der Waals surface area contributed by atoms with E-state index in [1.165, 1.54) is 11.1 Å². The fourth-order valence-corrected chi connectivity index (χ4v) is 3.52. The lowest BCUT2D eigenvalue weighted by Gasteiger charge is -2.29. The van der Waals surface area contributed by atoms with Crippen LogP contribution in [0, 0.1) is 0 Å². The van der Waals surface area contributed by atoms with E-state index in [0.717, 1.165) is 6.42 Å². The molecule has 0 aliphatic carbocycles. The van der Waals surface area contributed by atoms with Crippen molar-refractivity contribution in [3.05, 3.63) is 89.5 Å². The van der Waals surface area contributed by atoms with Crippen molar-refractivity contribution in [2.75, 3.05) is 24.3 Å². The van der Waals surface area contributed by atoms with Crippen LogP contribution in [0.3, 0.4) is 0 Å². The molecule has 0 saturated heterocycles. The molecule has 1 aliphatic heterocycles. The number of para-hydroxylation sites is 2. The Hall–Kier alpha value is -3.80. The van der Waals surface area contributed by atoms with Crippen LogP contribution in [0.5, 0.6) is 5.75 Å². The topological polar surface area (TPSA) is 70.7 Å². The van der Waals surface area contributed by atoms with Crippen LogP contribution in [0.2, 0.25) is 0 Å². The molecule has 30 heavy (non-hydrogen) atoms. The highest BCUT2D eigenvalue weighted by atomic mass is 16.5. The molecule has 0 atom stereocenters. The number of urea groups is 1. The van der Waals surface area contributed by atoms with Crippen molar-refractivity contribution in [1.82, 2.24) is 4.90 Å². The number of carbonyl (C=O) groups excluding carboxylic acids is 2. The van der Waals surface area contributed by atoms with E-state index < -0.39 is 0 Å². The molecule has 0 spiro atoms. The highest BCUT2D eigenvalue weighted by molar-refractivity contribution is 6.05. The van der Waals surface area contributed by atoms with Crippen LogP contribution < -0.4 is 15.4 Å². The molecule has 0 bridgehead atoms. The number of amides is 3. The van der Waals surface area contributed by atoms with Gasteiger partial charge in [-0.1, -0.05) is 36.4 Å². The van der Waals surface area contributed by atoms with Crippen molar-refractivity contribution in [3.63, 3.8) is 0 Å². The van der Waals surface area contributed by atoms with Gasteiger partial charge in [0.05, 0.1) is 12.8 Å². The predicted octanol–water partition coefficient (Wildman–Crippen LogP) is 4.54. The molecule has 0 saturated carbocycles. The molecule has 0 fully saturated rings. The lowest BCUT2D eigenvalue weighted by molar-refractivity contribution is 0.102. The lowest BCUT2D eigenvalue weighted by atomic mass is 10.0. The first-order valence-electron chi connectivity index (χ1n) is 9.81. The molecule has 2 N–H and O–H groups in total. The van der Waals surface area contributed by atoms with Gasteiger partial charge in [0.25, 0.3) is 5.91 Å². The molecular formula is C24H23N3O3. The molecule has 3 amide bonds. The second-order valence-electron chi connectivity index (χ2n) is 7.10. The van der Waals surface area contributed by atoms with Gasteiger partial charge in [-0.25, -0.2) is 4.79 Å². The number of ether oxygens (including phenoxy) is 1. The van der Waals surface area contributed by atoms with E-state index in [-0.39, 0.29) is 11.9 Å². The average molecular weight is 401 g/mol. The minimum Gasteiger partial charge on any atom is -0.495 e. The van der Waals surface area contributed by atoms with Crippen molar-refractivity contribution in [2.24, 2.45) is 0 Å². The van der Waals surface area contributed by atoms with Crippen LogP contribution in [0.1, 0.15) is 21.5 Å². The van der Waals surface area contributed by atoms with Crippen molar-refractivity contribution >= 4 is 23.3 Å². The maximum Gasteiger partial charge on any atom is 0.322 e. The summed E-state index contributed by atoms with van der Waals surface area (Å²) in [6, 6.07) is 22.1. The zero-order valence-electron chi connectivity index (χ0n) is 16.7. The summed E-state index contributed by atoms with van der Waals surface area (Å²) in [5.74, 6) is 0.350. The van der Waals surface area contributed by atoms with Crippen LogP contribution in [0.25, 0.3) is 0 Å². The molecular weight excluding hydrogens is 378 g/mol. The first kappa shape index (κ1) is 19.5. The van der Waals surface area contributed by atoms with Crippen molar-refractivity contribution in [1.29, 1.82) is 0 Å². The number of anilines is 2. The molecule has 3 aromatic carbocycles. The summed E-state index contributed by atoms with van der Waals surface area (Å²) < 4.78 is 5.26. The van der Waals surface area contributed by atoms with E-state index in [9.17, 15) is 9.59 Å². The number of fused-ring (bicyclic) bond motifs is 1. The zero-order chi connectivity index (χ0) is 20.9. The third-order valence-electron chi connectivity index (χ3n) is 5.17. The Morgan fingerprint density at radius 3 is 2.33 bits per heavy atom. The van der Waals surface area contributed by atoms with E-state index >= 15 is 0 Å². The van der Waals surface area contributed by atoms with E-state index in [0.29, 0.717) is 35.8 Å². The van der Waals surface area contributed by atoms with Gasteiger partial charge in [0.1, 0.15) is 5.75 Å². The number of nitrogens with one attached hydrogen (secondary N) is 2. The molecule has 6 heteroatoms. The number of carbonyl (C=O) groups is 2. The Kier molecular flexibility index (Phi) is 5.66. The highest BCUT2D eigenvalue weighted by Gasteiger charge is 2.20. The molecule has 152 valence electrons. The smallest absolute Gasteiger partial charge is 0.322 e. The van der Waals surface area contributed by atoms with Gasteiger partial charge in [0, 0.05) is 24.3 Å². The van der Waals surface area contributed by atoms with Crippen LogP contribution in [-0.4, -0.2) is 30.5 Å². The maximum atomic E-state index is 12.6. The number of hydrogen-bond acceptors (Lipinski definition) is 3. The van der Waals surface area contributed by atoms with Gasteiger partial charge >= 0.3 is 6.03 Å².